The Balaban J connectivity index is 2.16. The van der Waals surface area contributed by atoms with Crippen LogP contribution >= 0.6 is 0 Å². The molecule has 2 rings (SSSR count). The molecule has 0 saturated carbocycles. The van der Waals surface area contributed by atoms with Gasteiger partial charge in [0.15, 0.2) is 6.61 Å². The van der Waals surface area contributed by atoms with E-state index in [1.165, 1.54) is 13.8 Å². The molecule has 4 N–H and O–H groups in total. The summed E-state index contributed by atoms with van der Waals surface area (Å²) in [5, 5.41) is 5.67. The van der Waals surface area contributed by atoms with Gasteiger partial charge in [0.2, 0.25) is 11.9 Å². The van der Waals surface area contributed by atoms with Crippen LogP contribution in [-0.2, 0) is 0 Å². The van der Waals surface area contributed by atoms with E-state index in [1.807, 2.05) is 0 Å². The maximum absolute atomic E-state index is 13.7. The van der Waals surface area contributed by atoms with E-state index in [9.17, 15) is 8.78 Å². The van der Waals surface area contributed by atoms with E-state index in [0.29, 0.717) is 11.4 Å². The maximum atomic E-state index is 13.7. The molecule has 0 aliphatic rings. The third-order valence-corrected chi connectivity index (χ3v) is 3.24. The van der Waals surface area contributed by atoms with Crippen LogP contribution in [0.1, 0.15) is 13.8 Å². The standard InChI is InChI=1S/C15H20F2N6O/c1-9(2)15(16,17)8-24-14-22-12(19-3)21-13(23-14)20-11-6-4-10(18)5-7-11/h4-7,9H,8,18H2,1-3H3,(H2,19,20,21,22,23). The Bertz CT molecular complexity index is 678. The fourth-order valence-corrected chi connectivity index (χ4v) is 1.61. The first-order valence-electron chi connectivity index (χ1n) is 7.37. The van der Waals surface area contributed by atoms with Crippen molar-refractivity contribution < 1.29 is 13.5 Å². The minimum Gasteiger partial charge on any atom is -0.457 e. The van der Waals surface area contributed by atoms with Gasteiger partial charge in [-0.1, -0.05) is 13.8 Å². The third kappa shape index (κ3) is 4.64. The van der Waals surface area contributed by atoms with E-state index >= 15 is 0 Å². The van der Waals surface area contributed by atoms with Crippen molar-refractivity contribution in [2.45, 2.75) is 19.8 Å². The fourth-order valence-electron chi connectivity index (χ4n) is 1.61. The van der Waals surface area contributed by atoms with Crippen LogP contribution in [0.3, 0.4) is 0 Å². The lowest BCUT2D eigenvalue weighted by Gasteiger charge is -2.20. The lowest BCUT2D eigenvalue weighted by atomic mass is 10.1. The van der Waals surface area contributed by atoms with Crippen molar-refractivity contribution in [2.24, 2.45) is 5.92 Å². The van der Waals surface area contributed by atoms with Gasteiger partial charge < -0.3 is 21.1 Å². The zero-order chi connectivity index (χ0) is 17.7. The first-order chi connectivity index (χ1) is 11.3. The molecule has 0 unspecified atom stereocenters. The van der Waals surface area contributed by atoms with Gasteiger partial charge in [-0.2, -0.15) is 15.0 Å². The molecule has 130 valence electrons. The molecule has 0 bridgehead atoms. The van der Waals surface area contributed by atoms with E-state index in [2.05, 4.69) is 25.6 Å². The number of nitrogen functional groups attached to an aromatic ring is 1. The highest BCUT2D eigenvalue weighted by Crippen LogP contribution is 2.25. The van der Waals surface area contributed by atoms with E-state index in [4.69, 9.17) is 10.5 Å². The molecule has 1 heterocycles. The van der Waals surface area contributed by atoms with Gasteiger partial charge in [-0.25, -0.2) is 8.78 Å². The largest absolute Gasteiger partial charge is 0.457 e. The van der Waals surface area contributed by atoms with Gasteiger partial charge in [0.05, 0.1) is 0 Å². The molecule has 9 heteroatoms. The predicted molar refractivity (Wildman–Crippen MR) is 88.8 cm³/mol. The molecular weight excluding hydrogens is 318 g/mol. The lowest BCUT2D eigenvalue weighted by Crippen LogP contribution is -2.32. The summed E-state index contributed by atoms with van der Waals surface area (Å²) in [4.78, 5) is 12.0. The quantitative estimate of drug-likeness (QED) is 0.668. The van der Waals surface area contributed by atoms with E-state index in [0.717, 1.165) is 0 Å². The minimum atomic E-state index is -2.98. The molecule has 0 radical (unpaired) electrons. The van der Waals surface area contributed by atoms with Gasteiger partial charge in [0.25, 0.3) is 5.92 Å². The molecule has 1 aromatic heterocycles. The molecular formula is C15H20F2N6O. The highest BCUT2D eigenvalue weighted by molar-refractivity contribution is 5.57. The first-order valence-corrected chi connectivity index (χ1v) is 7.37. The van der Waals surface area contributed by atoms with Gasteiger partial charge in [-0.05, 0) is 24.3 Å². The number of anilines is 4. The second-order valence-electron chi connectivity index (χ2n) is 5.47. The van der Waals surface area contributed by atoms with Crippen molar-refractivity contribution in [3.63, 3.8) is 0 Å². The number of alkyl halides is 2. The third-order valence-electron chi connectivity index (χ3n) is 3.24. The summed E-state index contributed by atoms with van der Waals surface area (Å²) < 4.78 is 32.4. The van der Waals surface area contributed by atoms with E-state index < -0.39 is 18.4 Å². The molecule has 0 atom stereocenters. The van der Waals surface area contributed by atoms with Gasteiger partial charge in [0.1, 0.15) is 0 Å². The Morgan fingerprint density at radius 1 is 1.12 bits per heavy atom. The predicted octanol–water partition coefficient (Wildman–Crippen LogP) is 2.91. The topological polar surface area (TPSA) is 98.0 Å². The number of hydrogen-bond donors (Lipinski definition) is 3. The number of rotatable bonds is 7. The molecule has 0 aliphatic carbocycles. The number of ether oxygens (including phenoxy) is 1. The minimum absolute atomic E-state index is 0.169. The van der Waals surface area contributed by atoms with Gasteiger partial charge in [-0.15, -0.1) is 0 Å². The number of nitrogens with two attached hydrogens (primary N) is 1. The Hall–Kier alpha value is -2.71. The Morgan fingerprint density at radius 2 is 1.75 bits per heavy atom. The van der Waals surface area contributed by atoms with Crippen molar-refractivity contribution >= 4 is 23.3 Å². The summed E-state index contributed by atoms with van der Waals surface area (Å²) in [5.41, 5.74) is 6.93. The van der Waals surface area contributed by atoms with Crippen LogP contribution in [0.2, 0.25) is 0 Å². The number of hydrogen-bond acceptors (Lipinski definition) is 7. The number of aromatic nitrogens is 3. The smallest absolute Gasteiger partial charge is 0.323 e. The number of benzene rings is 1. The highest BCUT2D eigenvalue weighted by Gasteiger charge is 2.34. The molecule has 0 saturated heterocycles. The van der Waals surface area contributed by atoms with Gasteiger partial charge >= 0.3 is 6.01 Å². The molecule has 0 spiro atoms. The van der Waals surface area contributed by atoms with Crippen LogP contribution < -0.4 is 21.1 Å². The SMILES string of the molecule is CNc1nc(Nc2ccc(N)cc2)nc(OCC(F)(F)C(C)C)n1. The van der Waals surface area contributed by atoms with Crippen LogP contribution in [0.25, 0.3) is 0 Å². The molecule has 24 heavy (non-hydrogen) atoms. The van der Waals surface area contributed by atoms with Crippen molar-refractivity contribution in [1.29, 1.82) is 0 Å². The zero-order valence-corrected chi connectivity index (χ0v) is 13.7. The zero-order valence-electron chi connectivity index (χ0n) is 13.7. The fraction of sp³-hybridized carbons (Fsp3) is 0.400. The maximum Gasteiger partial charge on any atom is 0.323 e. The summed E-state index contributed by atoms with van der Waals surface area (Å²) in [6.07, 6.45) is 0. The highest BCUT2D eigenvalue weighted by atomic mass is 19.3. The van der Waals surface area contributed by atoms with Crippen molar-refractivity contribution in [3.05, 3.63) is 24.3 Å². The average Bonchev–Trinajstić information content (AvgIpc) is 2.55. The van der Waals surface area contributed by atoms with Crippen LogP contribution in [-0.4, -0.2) is 34.5 Å². The lowest BCUT2D eigenvalue weighted by molar-refractivity contribution is -0.0807. The number of halogens is 2. The summed E-state index contributed by atoms with van der Waals surface area (Å²) in [5.74, 6) is -3.46. The van der Waals surface area contributed by atoms with Crippen LogP contribution in [0.5, 0.6) is 6.01 Å². The molecule has 2 aromatic rings. The Kier molecular flexibility index (Phi) is 5.32. The average molecular weight is 338 g/mol. The summed E-state index contributed by atoms with van der Waals surface area (Å²) >= 11 is 0. The van der Waals surface area contributed by atoms with Crippen LogP contribution in [0, 0.1) is 5.92 Å². The van der Waals surface area contributed by atoms with Crippen molar-refractivity contribution in [2.75, 3.05) is 30.0 Å². The van der Waals surface area contributed by atoms with Gasteiger partial charge in [-0.3, -0.25) is 0 Å². The summed E-state index contributed by atoms with van der Waals surface area (Å²) in [6.45, 7) is 2.03. The molecule has 0 fully saturated rings. The molecule has 1 aromatic carbocycles. The van der Waals surface area contributed by atoms with Crippen molar-refractivity contribution in [1.82, 2.24) is 15.0 Å². The first kappa shape index (κ1) is 17.6. The second-order valence-corrected chi connectivity index (χ2v) is 5.47. The molecule has 7 nitrogen and oxygen atoms in total. The van der Waals surface area contributed by atoms with Gasteiger partial charge in [0, 0.05) is 24.3 Å². The number of nitrogens with zero attached hydrogens (tertiary/aromatic N) is 3. The van der Waals surface area contributed by atoms with E-state index in [1.54, 1.807) is 31.3 Å². The second kappa shape index (κ2) is 7.24. The van der Waals surface area contributed by atoms with Crippen molar-refractivity contribution in [3.8, 4) is 6.01 Å². The Labute approximate surface area is 138 Å². The van der Waals surface area contributed by atoms with E-state index in [-0.39, 0.29) is 17.9 Å². The van der Waals surface area contributed by atoms with Crippen LogP contribution in [0.4, 0.5) is 32.1 Å². The number of nitrogens with one attached hydrogen (secondary N) is 2. The molecule has 0 aliphatic heterocycles. The normalized spacial score (nSPS) is 11.4. The van der Waals surface area contributed by atoms with Crippen LogP contribution in [0.15, 0.2) is 24.3 Å². The Morgan fingerprint density at radius 3 is 2.33 bits per heavy atom. The molecule has 0 amide bonds. The summed E-state index contributed by atoms with van der Waals surface area (Å²) in [7, 11) is 1.61. The monoisotopic (exact) mass is 338 g/mol. The summed E-state index contributed by atoms with van der Waals surface area (Å²) in [6, 6.07) is 6.72.